The Labute approximate surface area is 123 Å². The maximum atomic E-state index is 12.3. The van der Waals surface area contributed by atoms with E-state index < -0.39 is 0 Å². The van der Waals surface area contributed by atoms with Crippen molar-refractivity contribution in [1.29, 1.82) is 0 Å². The molecule has 3 rings (SSSR count). The molecule has 0 aliphatic carbocycles. The second-order valence-electron chi connectivity index (χ2n) is 5.19. The van der Waals surface area contributed by atoms with Crippen molar-refractivity contribution in [2.45, 2.75) is 32.0 Å². The van der Waals surface area contributed by atoms with Crippen LogP contribution >= 0.6 is 11.3 Å². The SMILES string of the molecule is CC(NC(=O)[C@@H]1Cc2ccccc2CN1)c1ccsc1. The predicted octanol–water partition coefficient (Wildman–Crippen LogP) is 2.64. The number of fused-ring (bicyclic) bond motifs is 1. The number of carbonyl (C=O) groups is 1. The first kappa shape index (κ1) is 13.3. The second kappa shape index (κ2) is 5.77. The lowest BCUT2D eigenvalue weighted by Gasteiger charge is -2.26. The van der Waals surface area contributed by atoms with Crippen LogP contribution in [0.2, 0.25) is 0 Å². The zero-order chi connectivity index (χ0) is 13.9. The van der Waals surface area contributed by atoms with Crippen LogP contribution in [-0.2, 0) is 17.8 Å². The van der Waals surface area contributed by atoms with E-state index in [9.17, 15) is 4.79 Å². The number of thiophene rings is 1. The van der Waals surface area contributed by atoms with Crippen molar-refractivity contribution < 1.29 is 4.79 Å². The molecule has 2 atom stereocenters. The number of amides is 1. The normalized spacial score (nSPS) is 19.1. The van der Waals surface area contributed by atoms with E-state index in [0.717, 1.165) is 13.0 Å². The molecule has 2 N–H and O–H groups in total. The van der Waals surface area contributed by atoms with Crippen LogP contribution in [0.15, 0.2) is 41.1 Å². The number of hydrogen-bond acceptors (Lipinski definition) is 3. The van der Waals surface area contributed by atoms with E-state index >= 15 is 0 Å². The summed E-state index contributed by atoms with van der Waals surface area (Å²) in [4.78, 5) is 12.3. The van der Waals surface area contributed by atoms with Crippen molar-refractivity contribution >= 4 is 17.2 Å². The van der Waals surface area contributed by atoms with Crippen molar-refractivity contribution in [1.82, 2.24) is 10.6 Å². The van der Waals surface area contributed by atoms with Crippen LogP contribution in [0, 0.1) is 0 Å². The molecule has 1 unspecified atom stereocenters. The maximum Gasteiger partial charge on any atom is 0.237 e. The summed E-state index contributed by atoms with van der Waals surface area (Å²) < 4.78 is 0. The van der Waals surface area contributed by atoms with Crippen LogP contribution in [0.1, 0.15) is 29.7 Å². The highest BCUT2D eigenvalue weighted by Gasteiger charge is 2.24. The molecule has 2 heterocycles. The van der Waals surface area contributed by atoms with Crippen LogP contribution in [0.4, 0.5) is 0 Å². The van der Waals surface area contributed by atoms with Gasteiger partial charge in [0, 0.05) is 6.54 Å². The summed E-state index contributed by atoms with van der Waals surface area (Å²) in [6.07, 6.45) is 0.762. The zero-order valence-electron chi connectivity index (χ0n) is 11.4. The van der Waals surface area contributed by atoms with Gasteiger partial charge in [0.05, 0.1) is 12.1 Å². The molecular formula is C16H18N2OS. The summed E-state index contributed by atoms with van der Waals surface area (Å²) in [7, 11) is 0. The molecule has 1 amide bonds. The van der Waals surface area contributed by atoms with Crippen molar-refractivity contribution in [3.8, 4) is 0 Å². The van der Waals surface area contributed by atoms with Crippen LogP contribution in [0.25, 0.3) is 0 Å². The first-order chi connectivity index (χ1) is 9.74. The highest BCUT2D eigenvalue weighted by molar-refractivity contribution is 7.07. The molecule has 3 nitrogen and oxygen atoms in total. The lowest BCUT2D eigenvalue weighted by molar-refractivity contribution is -0.124. The topological polar surface area (TPSA) is 41.1 Å². The molecule has 1 aliphatic rings. The van der Waals surface area contributed by atoms with Crippen molar-refractivity contribution in [2.24, 2.45) is 0 Å². The van der Waals surface area contributed by atoms with Crippen molar-refractivity contribution in [3.05, 3.63) is 57.8 Å². The minimum absolute atomic E-state index is 0.0627. The Morgan fingerprint density at radius 3 is 2.90 bits per heavy atom. The Bertz CT molecular complexity index is 594. The van der Waals surface area contributed by atoms with Crippen molar-refractivity contribution in [3.63, 3.8) is 0 Å². The highest BCUT2D eigenvalue weighted by Crippen LogP contribution is 2.18. The molecule has 4 heteroatoms. The summed E-state index contributed by atoms with van der Waals surface area (Å²) in [5, 5.41) is 10.5. The molecule has 104 valence electrons. The van der Waals surface area contributed by atoms with Gasteiger partial charge in [0.1, 0.15) is 0 Å². The number of rotatable bonds is 3. The van der Waals surface area contributed by atoms with E-state index in [1.807, 2.05) is 24.4 Å². The minimum Gasteiger partial charge on any atom is -0.348 e. The Balaban J connectivity index is 1.64. The van der Waals surface area contributed by atoms with Gasteiger partial charge in [0.25, 0.3) is 0 Å². The van der Waals surface area contributed by atoms with Gasteiger partial charge in [-0.25, -0.2) is 0 Å². The summed E-state index contributed by atoms with van der Waals surface area (Å²) >= 11 is 1.65. The second-order valence-corrected chi connectivity index (χ2v) is 5.97. The molecule has 0 spiro atoms. The zero-order valence-corrected chi connectivity index (χ0v) is 12.2. The Morgan fingerprint density at radius 2 is 2.15 bits per heavy atom. The van der Waals surface area contributed by atoms with Gasteiger partial charge in [0.15, 0.2) is 0 Å². The summed E-state index contributed by atoms with van der Waals surface area (Å²) in [5.74, 6) is 0.0817. The van der Waals surface area contributed by atoms with Gasteiger partial charge in [0.2, 0.25) is 5.91 Å². The standard InChI is InChI=1S/C16H18N2OS/c1-11(14-6-7-20-10-14)18-16(19)15-8-12-4-2-3-5-13(12)9-17-15/h2-7,10-11,15,17H,8-9H2,1H3,(H,18,19)/t11?,15-/m0/s1. The molecule has 1 aromatic carbocycles. The lowest BCUT2D eigenvalue weighted by atomic mass is 9.95. The Kier molecular flexibility index (Phi) is 3.85. The fourth-order valence-corrected chi connectivity index (χ4v) is 3.31. The van der Waals surface area contributed by atoms with E-state index in [1.165, 1.54) is 16.7 Å². The van der Waals surface area contributed by atoms with Crippen LogP contribution in [-0.4, -0.2) is 11.9 Å². The third-order valence-corrected chi connectivity index (χ3v) is 4.50. The largest absolute Gasteiger partial charge is 0.348 e. The fourth-order valence-electron chi connectivity index (χ4n) is 2.56. The van der Waals surface area contributed by atoms with Crippen LogP contribution in [0.5, 0.6) is 0 Å². The molecule has 1 aliphatic heterocycles. The Morgan fingerprint density at radius 1 is 1.35 bits per heavy atom. The number of nitrogens with one attached hydrogen (secondary N) is 2. The molecule has 2 aromatic rings. The van der Waals surface area contributed by atoms with Crippen LogP contribution in [0.3, 0.4) is 0 Å². The van der Waals surface area contributed by atoms with Gasteiger partial charge < -0.3 is 10.6 Å². The molecule has 20 heavy (non-hydrogen) atoms. The summed E-state index contributed by atoms with van der Waals surface area (Å²) in [6, 6.07) is 10.3. The number of benzene rings is 1. The van der Waals surface area contributed by atoms with Gasteiger partial charge in [-0.1, -0.05) is 24.3 Å². The number of hydrogen-bond donors (Lipinski definition) is 2. The first-order valence-electron chi connectivity index (χ1n) is 6.86. The lowest BCUT2D eigenvalue weighted by Crippen LogP contribution is -2.48. The molecular weight excluding hydrogens is 268 g/mol. The molecule has 0 saturated heterocycles. The highest BCUT2D eigenvalue weighted by atomic mass is 32.1. The summed E-state index contributed by atoms with van der Waals surface area (Å²) in [5.41, 5.74) is 3.73. The third-order valence-electron chi connectivity index (χ3n) is 3.80. The first-order valence-corrected chi connectivity index (χ1v) is 7.81. The minimum atomic E-state index is -0.133. The van der Waals surface area contributed by atoms with Crippen molar-refractivity contribution in [2.75, 3.05) is 0 Å². The van der Waals surface area contributed by atoms with Crippen LogP contribution < -0.4 is 10.6 Å². The van der Waals surface area contributed by atoms with E-state index in [4.69, 9.17) is 0 Å². The van der Waals surface area contributed by atoms with E-state index in [2.05, 4.69) is 34.2 Å². The molecule has 1 aromatic heterocycles. The van der Waals surface area contributed by atoms with E-state index in [1.54, 1.807) is 11.3 Å². The van der Waals surface area contributed by atoms with Gasteiger partial charge in [-0.3, -0.25) is 4.79 Å². The quantitative estimate of drug-likeness (QED) is 0.910. The molecule has 0 radical (unpaired) electrons. The average molecular weight is 286 g/mol. The Hall–Kier alpha value is -1.65. The average Bonchev–Trinajstić information content (AvgIpc) is 3.01. The predicted molar refractivity (Wildman–Crippen MR) is 81.7 cm³/mol. The van der Waals surface area contributed by atoms with Gasteiger partial charge >= 0.3 is 0 Å². The third kappa shape index (κ3) is 2.76. The van der Waals surface area contributed by atoms with Gasteiger partial charge in [-0.05, 0) is 46.9 Å². The van der Waals surface area contributed by atoms with Gasteiger partial charge in [-0.15, -0.1) is 0 Å². The van der Waals surface area contributed by atoms with E-state index in [-0.39, 0.29) is 18.0 Å². The van der Waals surface area contributed by atoms with E-state index in [0.29, 0.717) is 0 Å². The molecule has 0 fully saturated rings. The maximum absolute atomic E-state index is 12.3. The smallest absolute Gasteiger partial charge is 0.237 e. The molecule has 0 saturated carbocycles. The fraction of sp³-hybridized carbons (Fsp3) is 0.312. The number of carbonyl (C=O) groups excluding carboxylic acids is 1. The molecule has 0 bridgehead atoms. The van der Waals surface area contributed by atoms with Gasteiger partial charge in [-0.2, -0.15) is 11.3 Å². The summed E-state index contributed by atoms with van der Waals surface area (Å²) in [6.45, 7) is 2.79. The monoisotopic (exact) mass is 286 g/mol.